The monoisotopic (exact) mass is 400 g/mol. The zero-order valence-electron chi connectivity index (χ0n) is 16.1. The van der Waals surface area contributed by atoms with Gasteiger partial charge in [-0.3, -0.25) is 4.57 Å². The van der Waals surface area contributed by atoms with Gasteiger partial charge in [-0.05, 0) is 42.5 Å². The van der Waals surface area contributed by atoms with Crippen LogP contribution in [-0.4, -0.2) is 26.3 Å². The summed E-state index contributed by atoms with van der Waals surface area (Å²) in [6.07, 6.45) is 0. The maximum absolute atomic E-state index is 14.2. The fraction of sp³-hybridized carbons (Fsp3) is 0.0870. The molecule has 0 saturated heterocycles. The van der Waals surface area contributed by atoms with Crippen LogP contribution in [0.4, 0.5) is 4.39 Å². The van der Waals surface area contributed by atoms with Gasteiger partial charge in [0.25, 0.3) is 0 Å². The van der Waals surface area contributed by atoms with Crippen LogP contribution in [-0.2, 0) is 6.54 Å². The van der Waals surface area contributed by atoms with Crippen LogP contribution in [0.3, 0.4) is 0 Å². The van der Waals surface area contributed by atoms with Gasteiger partial charge >= 0.3 is 5.69 Å². The highest BCUT2D eigenvalue weighted by Crippen LogP contribution is 2.23. The first kappa shape index (κ1) is 18.1. The van der Waals surface area contributed by atoms with E-state index in [4.69, 9.17) is 4.74 Å². The average molecular weight is 400 g/mol. The molecular weight excluding hydrogens is 383 g/mol. The molecule has 0 aliphatic rings. The number of rotatable bonds is 4. The lowest BCUT2D eigenvalue weighted by Crippen LogP contribution is -2.28. The van der Waals surface area contributed by atoms with Crippen LogP contribution in [0.15, 0.2) is 77.6 Å². The Morgan fingerprint density at radius 3 is 2.47 bits per heavy atom. The van der Waals surface area contributed by atoms with Gasteiger partial charge in [-0.25, -0.2) is 14.2 Å². The molecule has 0 bridgehead atoms. The molecule has 0 amide bonds. The van der Waals surface area contributed by atoms with Crippen LogP contribution in [0.1, 0.15) is 5.56 Å². The van der Waals surface area contributed by atoms with Crippen molar-refractivity contribution in [1.82, 2.24) is 19.2 Å². The van der Waals surface area contributed by atoms with E-state index in [1.54, 1.807) is 25.3 Å². The van der Waals surface area contributed by atoms with E-state index in [9.17, 15) is 9.18 Å². The van der Waals surface area contributed by atoms with E-state index < -0.39 is 0 Å². The fourth-order valence-electron chi connectivity index (χ4n) is 3.55. The summed E-state index contributed by atoms with van der Waals surface area (Å²) in [5, 5.41) is 5.22. The summed E-state index contributed by atoms with van der Waals surface area (Å²) in [5.74, 6) is 0.801. The Balaban J connectivity index is 1.74. The summed E-state index contributed by atoms with van der Waals surface area (Å²) in [4.78, 5) is 17.9. The van der Waals surface area contributed by atoms with Crippen LogP contribution >= 0.6 is 0 Å². The van der Waals surface area contributed by atoms with Gasteiger partial charge in [0, 0.05) is 16.5 Å². The van der Waals surface area contributed by atoms with Crippen LogP contribution in [0, 0.1) is 5.82 Å². The van der Waals surface area contributed by atoms with Gasteiger partial charge in [0.15, 0.2) is 11.5 Å². The molecule has 0 aliphatic heterocycles. The van der Waals surface area contributed by atoms with E-state index in [-0.39, 0.29) is 18.1 Å². The highest BCUT2D eigenvalue weighted by atomic mass is 19.1. The van der Waals surface area contributed by atoms with Crippen LogP contribution in [0.25, 0.3) is 27.9 Å². The van der Waals surface area contributed by atoms with Gasteiger partial charge in [-0.1, -0.05) is 30.3 Å². The van der Waals surface area contributed by atoms with Crippen molar-refractivity contribution in [2.24, 2.45) is 0 Å². The van der Waals surface area contributed by atoms with E-state index in [1.165, 1.54) is 15.1 Å². The van der Waals surface area contributed by atoms with Crippen LogP contribution < -0.4 is 10.4 Å². The van der Waals surface area contributed by atoms with Gasteiger partial charge in [0.05, 0.1) is 19.2 Å². The second kappa shape index (κ2) is 7.11. The first-order valence-corrected chi connectivity index (χ1v) is 9.42. The summed E-state index contributed by atoms with van der Waals surface area (Å²) < 4.78 is 22.2. The molecule has 0 N–H and O–H groups in total. The summed E-state index contributed by atoms with van der Waals surface area (Å²) in [6.45, 7) is 0.0969. The fourth-order valence-corrected chi connectivity index (χ4v) is 3.55. The number of hydrogen-bond donors (Lipinski definition) is 0. The van der Waals surface area contributed by atoms with Crippen molar-refractivity contribution in [3.63, 3.8) is 0 Å². The smallest absolute Gasteiger partial charge is 0.351 e. The molecule has 7 heteroatoms. The van der Waals surface area contributed by atoms with E-state index >= 15 is 0 Å². The first-order valence-electron chi connectivity index (χ1n) is 9.42. The molecular formula is C23H17FN4O2. The molecule has 3 aromatic carbocycles. The standard InChI is InChI=1S/C23H17FN4O2/c1-30-17-12-10-15(11-13-17)21-25-22-18-7-3-5-9-20(18)27(23(29)28(22)26-21)14-16-6-2-4-8-19(16)24/h2-13H,14H2,1H3. The highest BCUT2D eigenvalue weighted by Gasteiger charge is 2.16. The van der Waals surface area contributed by atoms with E-state index in [1.807, 2.05) is 48.5 Å². The Morgan fingerprint density at radius 2 is 1.70 bits per heavy atom. The molecule has 2 heterocycles. The number of methoxy groups -OCH3 is 1. The van der Waals surface area contributed by atoms with Crippen molar-refractivity contribution in [1.29, 1.82) is 0 Å². The minimum atomic E-state index is -0.376. The lowest BCUT2D eigenvalue weighted by molar-refractivity contribution is 0.415. The number of fused-ring (bicyclic) bond motifs is 3. The van der Waals surface area contributed by atoms with Crippen molar-refractivity contribution in [3.05, 3.63) is 94.7 Å². The lowest BCUT2D eigenvalue weighted by atomic mass is 10.2. The van der Waals surface area contributed by atoms with Crippen LogP contribution in [0.5, 0.6) is 5.75 Å². The molecule has 5 aromatic rings. The zero-order valence-corrected chi connectivity index (χ0v) is 16.1. The van der Waals surface area contributed by atoms with Gasteiger partial charge in [-0.2, -0.15) is 4.52 Å². The molecule has 0 atom stereocenters. The van der Waals surface area contributed by atoms with E-state index in [2.05, 4.69) is 10.1 Å². The van der Waals surface area contributed by atoms with Crippen LogP contribution in [0.2, 0.25) is 0 Å². The second-order valence-electron chi connectivity index (χ2n) is 6.88. The minimum Gasteiger partial charge on any atom is -0.497 e. The normalized spacial score (nSPS) is 11.3. The molecule has 0 radical (unpaired) electrons. The van der Waals surface area contributed by atoms with Crippen molar-refractivity contribution in [3.8, 4) is 17.1 Å². The highest BCUT2D eigenvalue weighted by molar-refractivity contribution is 5.92. The predicted molar refractivity (Wildman–Crippen MR) is 112 cm³/mol. The SMILES string of the molecule is COc1ccc(-c2nc3c4ccccc4n(Cc4ccccc4F)c(=O)n3n2)cc1. The van der Waals surface area contributed by atoms with Gasteiger partial charge in [0.2, 0.25) is 0 Å². The van der Waals surface area contributed by atoms with Gasteiger partial charge < -0.3 is 4.74 Å². The molecule has 0 fully saturated rings. The molecule has 0 spiro atoms. The summed E-state index contributed by atoms with van der Waals surface area (Å²) in [5.41, 5.74) is 1.96. The van der Waals surface area contributed by atoms with Gasteiger partial charge in [-0.15, -0.1) is 5.10 Å². The minimum absolute atomic E-state index is 0.0969. The Morgan fingerprint density at radius 1 is 0.967 bits per heavy atom. The number of ether oxygens (including phenoxy) is 1. The third kappa shape index (κ3) is 2.91. The first-order chi connectivity index (χ1) is 14.7. The zero-order chi connectivity index (χ0) is 20.7. The quantitative estimate of drug-likeness (QED) is 0.459. The Bertz CT molecular complexity index is 1440. The number of para-hydroxylation sites is 1. The lowest BCUT2D eigenvalue weighted by Gasteiger charge is -2.11. The number of hydrogen-bond acceptors (Lipinski definition) is 4. The summed E-state index contributed by atoms with van der Waals surface area (Å²) in [6, 6.07) is 21.2. The largest absolute Gasteiger partial charge is 0.497 e. The van der Waals surface area contributed by atoms with E-state index in [0.717, 1.165) is 16.7 Å². The van der Waals surface area contributed by atoms with Crippen molar-refractivity contribution in [2.75, 3.05) is 7.11 Å². The predicted octanol–water partition coefficient (Wildman–Crippen LogP) is 3.91. The molecule has 0 unspecified atom stereocenters. The Labute approximate surface area is 170 Å². The molecule has 148 valence electrons. The molecule has 0 aliphatic carbocycles. The number of aromatic nitrogens is 4. The van der Waals surface area contributed by atoms with Gasteiger partial charge in [0.1, 0.15) is 11.6 Å². The van der Waals surface area contributed by atoms with Crippen molar-refractivity contribution < 1.29 is 9.13 Å². The maximum Gasteiger partial charge on any atom is 0.351 e. The summed E-state index contributed by atoms with van der Waals surface area (Å²) in [7, 11) is 1.60. The third-order valence-electron chi connectivity index (χ3n) is 5.09. The Kier molecular flexibility index (Phi) is 4.28. The summed E-state index contributed by atoms with van der Waals surface area (Å²) >= 11 is 0. The molecule has 5 rings (SSSR count). The molecule has 0 saturated carbocycles. The molecule has 6 nitrogen and oxygen atoms in total. The second-order valence-corrected chi connectivity index (χ2v) is 6.88. The van der Waals surface area contributed by atoms with Crippen molar-refractivity contribution in [2.45, 2.75) is 6.54 Å². The van der Waals surface area contributed by atoms with E-state index in [0.29, 0.717) is 22.6 Å². The molecule has 30 heavy (non-hydrogen) atoms. The van der Waals surface area contributed by atoms with Crippen molar-refractivity contribution >= 4 is 16.6 Å². The third-order valence-corrected chi connectivity index (χ3v) is 5.09. The number of benzene rings is 3. The Hall–Kier alpha value is -4.00. The number of halogens is 1. The number of nitrogens with zero attached hydrogens (tertiary/aromatic N) is 4. The topological polar surface area (TPSA) is 61.4 Å². The molecule has 2 aromatic heterocycles. The average Bonchev–Trinajstić information content (AvgIpc) is 3.24. The maximum atomic E-state index is 14.2.